The van der Waals surface area contributed by atoms with Crippen molar-refractivity contribution in [2.75, 3.05) is 25.6 Å². The molecule has 0 saturated heterocycles. The fraction of sp³-hybridized carbons (Fsp3) is 0.286. The number of methoxy groups -OCH3 is 1. The minimum Gasteiger partial charge on any atom is -0.475 e. The quantitative estimate of drug-likeness (QED) is 0.810. The first-order valence-corrected chi connectivity index (χ1v) is 6.37. The van der Waals surface area contributed by atoms with Gasteiger partial charge < -0.3 is 14.8 Å². The maximum atomic E-state index is 11.9. The zero-order valence-electron chi connectivity index (χ0n) is 11.9. The molecule has 0 aliphatic carbocycles. The number of hydrogen-bond acceptors (Lipinski definition) is 6. The van der Waals surface area contributed by atoms with Crippen LogP contribution in [0.15, 0.2) is 30.7 Å². The summed E-state index contributed by atoms with van der Waals surface area (Å²) in [5.41, 5.74) is 1.56. The lowest BCUT2D eigenvalue weighted by molar-refractivity contribution is 0.102. The normalized spacial score (nSPS) is 10.2. The number of carbonyl (C=O) groups is 1. The van der Waals surface area contributed by atoms with Crippen molar-refractivity contribution in [2.24, 2.45) is 0 Å². The molecule has 0 fully saturated rings. The lowest BCUT2D eigenvalue weighted by atomic mass is 10.3. The maximum Gasteiger partial charge on any atom is 0.275 e. The van der Waals surface area contributed by atoms with Gasteiger partial charge in [0.2, 0.25) is 5.88 Å². The smallest absolute Gasteiger partial charge is 0.275 e. The second-order valence-electron chi connectivity index (χ2n) is 4.22. The predicted molar refractivity (Wildman–Crippen MR) is 76.3 cm³/mol. The van der Waals surface area contributed by atoms with Crippen LogP contribution in [0.3, 0.4) is 0 Å². The summed E-state index contributed by atoms with van der Waals surface area (Å²) in [6.45, 7) is 2.72. The number of nitrogens with zero attached hydrogens (tertiary/aromatic N) is 3. The van der Waals surface area contributed by atoms with Crippen molar-refractivity contribution in [3.8, 4) is 5.88 Å². The van der Waals surface area contributed by atoms with Gasteiger partial charge >= 0.3 is 0 Å². The number of aryl methyl sites for hydroxylation is 1. The molecule has 0 spiro atoms. The van der Waals surface area contributed by atoms with E-state index in [4.69, 9.17) is 9.47 Å². The van der Waals surface area contributed by atoms with Crippen molar-refractivity contribution in [3.05, 3.63) is 42.1 Å². The number of rotatable bonds is 6. The lowest BCUT2D eigenvalue weighted by Gasteiger charge is -2.06. The summed E-state index contributed by atoms with van der Waals surface area (Å²) >= 11 is 0. The molecule has 2 rings (SSSR count). The molecule has 0 saturated carbocycles. The van der Waals surface area contributed by atoms with Crippen LogP contribution in [-0.4, -0.2) is 41.2 Å². The van der Waals surface area contributed by atoms with E-state index < -0.39 is 0 Å². The Morgan fingerprint density at radius 1 is 1.14 bits per heavy atom. The summed E-state index contributed by atoms with van der Waals surface area (Å²) in [6.07, 6.45) is 4.49. The summed E-state index contributed by atoms with van der Waals surface area (Å²) in [6, 6.07) is 3.38. The molecule has 7 nitrogen and oxygen atoms in total. The Kier molecular flexibility index (Phi) is 5.16. The fourth-order valence-corrected chi connectivity index (χ4v) is 1.47. The molecule has 2 aromatic heterocycles. The van der Waals surface area contributed by atoms with Gasteiger partial charge in [-0.2, -0.15) is 0 Å². The van der Waals surface area contributed by atoms with Crippen LogP contribution >= 0.6 is 0 Å². The molecule has 0 atom stereocenters. The topological polar surface area (TPSA) is 86.2 Å². The van der Waals surface area contributed by atoms with Crippen molar-refractivity contribution in [1.82, 2.24) is 15.0 Å². The first-order valence-electron chi connectivity index (χ1n) is 6.37. The Labute approximate surface area is 122 Å². The van der Waals surface area contributed by atoms with Gasteiger partial charge in [-0.05, 0) is 13.0 Å². The molecule has 0 aliphatic rings. The van der Waals surface area contributed by atoms with Crippen LogP contribution < -0.4 is 10.1 Å². The average molecular weight is 288 g/mol. The van der Waals surface area contributed by atoms with E-state index in [-0.39, 0.29) is 11.6 Å². The van der Waals surface area contributed by atoms with Crippen LogP contribution in [0, 0.1) is 6.92 Å². The lowest BCUT2D eigenvalue weighted by Crippen LogP contribution is -2.14. The largest absolute Gasteiger partial charge is 0.475 e. The zero-order chi connectivity index (χ0) is 15.1. The third-order valence-electron chi connectivity index (χ3n) is 2.55. The molecule has 1 amide bonds. The van der Waals surface area contributed by atoms with E-state index in [1.165, 1.54) is 12.4 Å². The van der Waals surface area contributed by atoms with Crippen molar-refractivity contribution in [3.63, 3.8) is 0 Å². The number of anilines is 1. The SMILES string of the molecule is COCCOc1ccc(NC(=O)c2cnc(C)cn2)cn1. The number of aromatic nitrogens is 3. The number of ether oxygens (including phenoxy) is 2. The Balaban J connectivity index is 1.93. The molecule has 2 heterocycles. The fourth-order valence-electron chi connectivity index (χ4n) is 1.47. The minimum atomic E-state index is -0.336. The Hall–Kier alpha value is -2.54. The van der Waals surface area contributed by atoms with Crippen LogP contribution in [0.2, 0.25) is 0 Å². The van der Waals surface area contributed by atoms with Crippen LogP contribution in [0.1, 0.15) is 16.2 Å². The van der Waals surface area contributed by atoms with E-state index in [0.717, 1.165) is 5.69 Å². The molecule has 2 aromatic rings. The van der Waals surface area contributed by atoms with E-state index in [9.17, 15) is 4.79 Å². The average Bonchev–Trinajstić information content (AvgIpc) is 2.50. The van der Waals surface area contributed by atoms with Gasteiger partial charge in [0, 0.05) is 19.4 Å². The van der Waals surface area contributed by atoms with Crippen LogP contribution in [0.25, 0.3) is 0 Å². The molecule has 7 heteroatoms. The van der Waals surface area contributed by atoms with Gasteiger partial charge in [-0.3, -0.25) is 9.78 Å². The predicted octanol–water partition coefficient (Wildman–Crippen LogP) is 1.46. The summed E-state index contributed by atoms with van der Waals surface area (Å²) in [5.74, 6) is 0.137. The molecule has 0 aliphatic heterocycles. The van der Waals surface area contributed by atoms with Gasteiger partial charge in [0.05, 0.1) is 30.4 Å². The van der Waals surface area contributed by atoms with Gasteiger partial charge in [-0.25, -0.2) is 9.97 Å². The first kappa shape index (κ1) is 14.9. The Morgan fingerprint density at radius 2 is 2.00 bits per heavy atom. The van der Waals surface area contributed by atoms with Gasteiger partial charge in [0.25, 0.3) is 5.91 Å². The number of carbonyl (C=O) groups excluding carboxylic acids is 1. The van der Waals surface area contributed by atoms with Crippen molar-refractivity contribution in [2.45, 2.75) is 6.92 Å². The monoisotopic (exact) mass is 288 g/mol. The van der Waals surface area contributed by atoms with Gasteiger partial charge in [-0.15, -0.1) is 0 Å². The Morgan fingerprint density at radius 3 is 2.62 bits per heavy atom. The highest BCUT2D eigenvalue weighted by Crippen LogP contribution is 2.12. The summed E-state index contributed by atoms with van der Waals surface area (Å²) in [4.78, 5) is 24.1. The number of hydrogen-bond donors (Lipinski definition) is 1. The van der Waals surface area contributed by atoms with Crippen molar-refractivity contribution in [1.29, 1.82) is 0 Å². The second-order valence-corrected chi connectivity index (χ2v) is 4.22. The minimum absolute atomic E-state index is 0.251. The van der Waals surface area contributed by atoms with Crippen molar-refractivity contribution >= 4 is 11.6 Å². The van der Waals surface area contributed by atoms with Gasteiger partial charge in [0.15, 0.2) is 0 Å². The molecule has 0 unspecified atom stereocenters. The van der Waals surface area contributed by atoms with E-state index >= 15 is 0 Å². The molecule has 21 heavy (non-hydrogen) atoms. The Bertz CT molecular complexity index is 584. The van der Waals surface area contributed by atoms with Gasteiger partial charge in [-0.1, -0.05) is 0 Å². The molecule has 0 radical (unpaired) electrons. The number of pyridine rings is 1. The standard InChI is InChI=1S/C14H16N4O3/c1-10-7-16-12(9-15-10)14(19)18-11-3-4-13(17-8-11)21-6-5-20-2/h3-4,7-9H,5-6H2,1-2H3,(H,18,19). The number of amides is 1. The van der Waals surface area contributed by atoms with E-state index in [1.54, 1.807) is 32.4 Å². The van der Waals surface area contributed by atoms with Crippen LogP contribution in [-0.2, 0) is 4.74 Å². The summed E-state index contributed by atoms with van der Waals surface area (Å²) < 4.78 is 10.2. The molecule has 0 bridgehead atoms. The summed E-state index contributed by atoms with van der Waals surface area (Å²) in [5, 5.41) is 2.69. The highest BCUT2D eigenvalue weighted by atomic mass is 16.5. The molecule has 0 aromatic carbocycles. The highest BCUT2D eigenvalue weighted by molar-refractivity contribution is 6.02. The number of nitrogens with one attached hydrogen (secondary N) is 1. The third-order valence-corrected chi connectivity index (χ3v) is 2.55. The summed E-state index contributed by atoms with van der Waals surface area (Å²) in [7, 11) is 1.60. The molecule has 1 N–H and O–H groups in total. The molecular formula is C14H16N4O3. The third kappa shape index (κ3) is 4.50. The molecular weight excluding hydrogens is 272 g/mol. The van der Waals surface area contributed by atoms with Crippen molar-refractivity contribution < 1.29 is 14.3 Å². The van der Waals surface area contributed by atoms with Crippen LogP contribution in [0.4, 0.5) is 5.69 Å². The van der Waals surface area contributed by atoms with E-state index in [2.05, 4.69) is 20.3 Å². The molecule has 110 valence electrons. The highest BCUT2D eigenvalue weighted by Gasteiger charge is 2.08. The second kappa shape index (κ2) is 7.30. The van der Waals surface area contributed by atoms with Crippen LogP contribution in [0.5, 0.6) is 5.88 Å². The zero-order valence-corrected chi connectivity index (χ0v) is 11.9. The first-order chi connectivity index (χ1) is 10.2. The van der Waals surface area contributed by atoms with E-state index in [0.29, 0.717) is 24.8 Å². The van der Waals surface area contributed by atoms with E-state index in [1.807, 2.05) is 0 Å². The van der Waals surface area contributed by atoms with Gasteiger partial charge in [0.1, 0.15) is 12.3 Å². The maximum absolute atomic E-state index is 11.9.